The molecular formula is C14H23NO2. The quantitative estimate of drug-likeness (QED) is 0.825. The molecule has 0 aliphatic rings. The molecule has 2 unspecified atom stereocenters. The lowest BCUT2D eigenvalue weighted by Crippen LogP contribution is -2.22. The van der Waals surface area contributed by atoms with Gasteiger partial charge >= 0.3 is 0 Å². The zero-order chi connectivity index (χ0) is 12.8. The van der Waals surface area contributed by atoms with Crippen molar-refractivity contribution >= 4 is 0 Å². The molecule has 3 heteroatoms. The second-order valence-corrected chi connectivity index (χ2v) is 4.47. The molecule has 0 fully saturated rings. The van der Waals surface area contributed by atoms with E-state index in [0.717, 1.165) is 17.9 Å². The van der Waals surface area contributed by atoms with Gasteiger partial charge in [-0.15, -0.1) is 0 Å². The van der Waals surface area contributed by atoms with E-state index in [1.54, 1.807) is 14.2 Å². The van der Waals surface area contributed by atoms with Crippen LogP contribution in [-0.4, -0.2) is 27.3 Å². The van der Waals surface area contributed by atoms with Crippen LogP contribution in [0.3, 0.4) is 0 Å². The fourth-order valence-electron chi connectivity index (χ4n) is 1.90. The second-order valence-electron chi connectivity index (χ2n) is 4.47. The standard InChI is InChI=1S/C14H23NO2/c1-10(6-11(2)15-3)12-7-13(16-4)9-14(8-12)17-5/h7-11,15H,6H2,1-5H3. The highest BCUT2D eigenvalue weighted by atomic mass is 16.5. The Morgan fingerprint density at radius 2 is 1.59 bits per heavy atom. The highest BCUT2D eigenvalue weighted by Crippen LogP contribution is 2.29. The molecule has 2 atom stereocenters. The Morgan fingerprint density at radius 1 is 1.06 bits per heavy atom. The molecule has 1 N–H and O–H groups in total. The summed E-state index contributed by atoms with van der Waals surface area (Å²) >= 11 is 0. The minimum atomic E-state index is 0.474. The molecule has 0 aliphatic heterocycles. The molecule has 0 amide bonds. The van der Waals surface area contributed by atoms with Gasteiger partial charge < -0.3 is 14.8 Å². The maximum absolute atomic E-state index is 5.28. The molecule has 96 valence electrons. The molecule has 0 spiro atoms. The van der Waals surface area contributed by atoms with Crippen molar-refractivity contribution in [1.82, 2.24) is 5.32 Å². The lowest BCUT2D eigenvalue weighted by molar-refractivity contribution is 0.392. The summed E-state index contributed by atoms with van der Waals surface area (Å²) in [6, 6.07) is 6.56. The molecule has 0 heterocycles. The van der Waals surface area contributed by atoms with Crippen molar-refractivity contribution in [3.05, 3.63) is 23.8 Å². The number of ether oxygens (including phenoxy) is 2. The van der Waals surface area contributed by atoms with Crippen LogP contribution in [0.2, 0.25) is 0 Å². The minimum Gasteiger partial charge on any atom is -0.497 e. The lowest BCUT2D eigenvalue weighted by Gasteiger charge is -2.18. The normalized spacial score (nSPS) is 14.2. The summed E-state index contributed by atoms with van der Waals surface area (Å²) in [7, 11) is 5.35. The number of benzene rings is 1. The van der Waals surface area contributed by atoms with E-state index in [1.165, 1.54) is 5.56 Å². The fourth-order valence-corrected chi connectivity index (χ4v) is 1.90. The summed E-state index contributed by atoms with van der Waals surface area (Å²) in [5.74, 6) is 2.17. The minimum absolute atomic E-state index is 0.474. The van der Waals surface area contributed by atoms with Crippen molar-refractivity contribution in [2.45, 2.75) is 32.2 Å². The molecule has 1 rings (SSSR count). The first-order chi connectivity index (χ1) is 8.10. The molecule has 1 aromatic carbocycles. The van der Waals surface area contributed by atoms with E-state index in [2.05, 4.69) is 31.3 Å². The van der Waals surface area contributed by atoms with Crippen molar-refractivity contribution in [2.24, 2.45) is 0 Å². The van der Waals surface area contributed by atoms with Gasteiger partial charge in [-0.3, -0.25) is 0 Å². The van der Waals surface area contributed by atoms with E-state index in [4.69, 9.17) is 9.47 Å². The average molecular weight is 237 g/mol. The van der Waals surface area contributed by atoms with Crippen molar-refractivity contribution in [1.29, 1.82) is 0 Å². The van der Waals surface area contributed by atoms with Gasteiger partial charge in [0.05, 0.1) is 14.2 Å². The van der Waals surface area contributed by atoms with Crippen molar-refractivity contribution in [3.63, 3.8) is 0 Å². The van der Waals surface area contributed by atoms with E-state index in [9.17, 15) is 0 Å². The summed E-state index contributed by atoms with van der Waals surface area (Å²) in [5, 5.41) is 3.26. The van der Waals surface area contributed by atoms with E-state index < -0.39 is 0 Å². The van der Waals surface area contributed by atoms with Gasteiger partial charge in [0.2, 0.25) is 0 Å². The number of rotatable bonds is 6. The highest BCUT2D eigenvalue weighted by Gasteiger charge is 2.12. The van der Waals surface area contributed by atoms with Crippen LogP contribution in [0, 0.1) is 0 Å². The molecule has 17 heavy (non-hydrogen) atoms. The average Bonchev–Trinajstić information content (AvgIpc) is 2.37. The molecule has 0 aliphatic carbocycles. The van der Waals surface area contributed by atoms with Crippen LogP contribution in [0.1, 0.15) is 31.7 Å². The predicted molar refractivity (Wildman–Crippen MR) is 71.1 cm³/mol. The van der Waals surface area contributed by atoms with Crippen LogP contribution in [0.25, 0.3) is 0 Å². The van der Waals surface area contributed by atoms with Gasteiger partial charge in [-0.2, -0.15) is 0 Å². The first kappa shape index (κ1) is 13.8. The molecule has 0 aromatic heterocycles. The molecule has 0 bridgehead atoms. The second kappa shape index (κ2) is 6.50. The Hall–Kier alpha value is -1.22. The SMILES string of the molecule is CNC(C)CC(C)c1cc(OC)cc(OC)c1. The van der Waals surface area contributed by atoms with Crippen LogP contribution < -0.4 is 14.8 Å². The smallest absolute Gasteiger partial charge is 0.122 e. The third-order valence-electron chi connectivity index (χ3n) is 3.14. The summed E-state index contributed by atoms with van der Waals surface area (Å²) in [6.45, 7) is 4.41. The summed E-state index contributed by atoms with van der Waals surface area (Å²) in [4.78, 5) is 0. The summed E-state index contributed by atoms with van der Waals surface area (Å²) < 4.78 is 10.6. The Bertz CT molecular complexity index is 330. The first-order valence-corrected chi connectivity index (χ1v) is 6.01. The monoisotopic (exact) mass is 237 g/mol. The predicted octanol–water partition coefficient (Wildman–Crippen LogP) is 2.81. The fraction of sp³-hybridized carbons (Fsp3) is 0.571. The van der Waals surface area contributed by atoms with Crippen LogP contribution in [-0.2, 0) is 0 Å². The number of nitrogens with one attached hydrogen (secondary N) is 1. The van der Waals surface area contributed by atoms with Crippen molar-refractivity contribution in [2.75, 3.05) is 21.3 Å². The molecule has 1 aromatic rings. The molecule has 0 saturated heterocycles. The van der Waals surface area contributed by atoms with Crippen molar-refractivity contribution < 1.29 is 9.47 Å². The van der Waals surface area contributed by atoms with Crippen LogP contribution in [0.5, 0.6) is 11.5 Å². The van der Waals surface area contributed by atoms with Gasteiger partial charge in [0, 0.05) is 12.1 Å². The Morgan fingerprint density at radius 3 is 2.00 bits per heavy atom. The Labute approximate surface area is 104 Å². The maximum atomic E-state index is 5.28. The van der Waals surface area contributed by atoms with E-state index in [0.29, 0.717) is 12.0 Å². The lowest BCUT2D eigenvalue weighted by atomic mass is 9.94. The highest BCUT2D eigenvalue weighted by molar-refractivity contribution is 5.39. The van der Waals surface area contributed by atoms with Crippen molar-refractivity contribution in [3.8, 4) is 11.5 Å². The number of methoxy groups -OCH3 is 2. The van der Waals surface area contributed by atoms with Gasteiger partial charge in [0.1, 0.15) is 11.5 Å². The third-order valence-corrected chi connectivity index (χ3v) is 3.14. The number of hydrogen-bond acceptors (Lipinski definition) is 3. The van der Waals surface area contributed by atoms with E-state index in [1.807, 2.05) is 13.1 Å². The number of hydrogen-bond donors (Lipinski definition) is 1. The topological polar surface area (TPSA) is 30.5 Å². The molecule has 3 nitrogen and oxygen atoms in total. The Kier molecular flexibility index (Phi) is 5.29. The van der Waals surface area contributed by atoms with Gasteiger partial charge in [-0.05, 0) is 44.0 Å². The van der Waals surface area contributed by atoms with Crippen LogP contribution in [0.4, 0.5) is 0 Å². The Balaban J connectivity index is 2.88. The molecule has 0 radical (unpaired) electrons. The van der Waals surface area contributed by atoms with E-state index >= 15 is 0 Å². The van der Waals surface area contributed by atoms with Gasteiger partial charge in [0.15, 0.2) is 0 Å². The zero-order valence-corrected chi connectivity index (χ0v) is 11.4. The van der Waals surface area contributed by atoms with Crippen LogP contribution >= 0.6 is 0 Å². The zero-order valence-electron chi connectivity index (χ0n) is 11.4. The van der Waals surface area contributed by atoms with E-state index in [-0.39, 0.29) is 0 Å². The van der Waals surface area contributed by atoms with Gasteiger partial charge in [0.25, 0.3) is 0 Å². The summed E-state index contributed by atoms with van der Waals surface area (Å²) in [6.07, 6.45) is 1.09. The maximum Gasteiger partial charge on any atom is 0.122 e. The van der Waals surface area contributed by atoms with Gasteiger partial charge in [-0.25, -0.2) is 0 Å². The van der Waals surface area contributed by atoms with Crippen LogP contribution in [0.15, 0.2) is 18.2 Å². The summed E-state index contributed by atoms with van der Waals surface area (Å²) in [5.41, 5.74) is 1.25. The molecular weight excluding hydrogens is 214 g/mol. The third kappa shape index (κ3) is 3.93. The molecule has 0 saturated carbocycles. The first-order valence-electron chi connectivity index (χ1n) is 6.01. The largest absolute Gasteiger partial charge is 0.497 e. The van der Waals surface area contributed by atoms with Gasteiger partial charge in [-0.1, -0.05) is 6.92 Å².